The van der Waals surface area contributed by atoms with E-state index >= 15 is 4.39 Å². The molecule has 0 radical (unpaired) electrons. The minimum absolute atomic E-state index is 0.0179. The van der Waals surface area contributed by atoms with Crippen molar-refractivity contribution < 1.29 is 32.9 Å². The molecule has 2 aromatic heterocycles. The number of aliphatic imine (C=N–C) groups is 1. The SMILES string of the molecule is CCOc1cc(OC)cc(C(Nc2ccc(C(N)=NC(=O)c3ccccc3)cc2)c2nc(OCOC(=O)C(C)(C)C)n(-c3ncccn3)n2)c1F. The Labute approximate surface area is 293 Å². The molecule has 14 nitrogen and oxygen atoms in total. The van der Waals surface area contributed by atoms with Gasteiger partial charge in [-0.15, -0.1) is 9.78 Å². The number of carbonyl (C=O) groups excluding carboxylic acids is 2. The second-order valence-electron chi connectivity index (χ2n) is 11.9. The summed E-state index contributed by atoms with van der Waals surface area (Å²) in [7, 11) is 1.45. The number of hydrogen-bond donors (Lipinski definition) is 2. The predicted molar refractivity (Wildman–Crippen MR) is 186 cm³/mol. The maximum atomic E-state index is 16.2. The average molecular weight is 697 g/mol. The second-order valence-corrected chi connectivity index (χ2v) is 11.9. The van der Waals surface area contributed by atoms with Gasteiger partial charge in [-0.2, -0.15) is 9.98 Å². The Morgan fingerprint density at radius 2 is 1.69 bits per heavy atom. The highest BCUT2D eigenvalue weighted by molar-refractivity contribution is 6.08. The summed E-state index contributed by atoms with van der Waals surface area (Å²) < 4.78 is 39.5. The maximum absolute atomic E-state index is 16.2. The first-order valence-electron chi connectivity index (χ1n) is 15.8. The van der Waals surface area contributed by atoms with E-state index in [1.165, 1.54) is 36.3 Å². The number of halogens is 1. The van der Waals surface area contributed by atoms with E-state index in [4.69, 9.17) is 24.7 Å². The number of nitrogens with two attached hydrogens (primary N) is 1. The Kier molecular flexibility index (Phi) is 11.2. The first-order valence-corrected chi connectivity index (χ1v) is 15.8. The molecule has 3 N–H and O–H groups in total. The minimum Gasteiger partial charge on any atom is -0.497 e. The first kappa shape index (κ1) is 35.9. The summed E-state index contributed by atoms with van der Waals surface area (Å²) in [6.45, 7) is 6.57. The summed E-state index contributed by atoms with van der Waals surface area (Å²) in [6.07, 6.45) is 3.01. The van der Waals surface area contributed by atoms with Crippen molar-refractivity contribution in [1.82, 2.24) is 24.7 Å². The van der Waals surface area contributed by atoms with E-state index in [1.807, 2.05) is 0 Å². The largest absolute Gasteiger partial charge is 0.497 e. The zero-order chi connectivity index (χ0) is 36.5. The first-order chi connectivity index (χ1) is 24.5. The minimum atomic E-state index is -1.08. The van der Waals surface area contributed by atoms with Crippen molar-refractivity contribution in [2.75, 3.05) is 25.8 Å². The van der Waals surface area contributed by atoms with Gasteiger partial charge in [-0.25, -0.2) is 14.4 Å². The Hall–Kier alpha value is -6.38. The second kappa shape index (κ2) is 15.9. The summed E-state index contributed by atoms with van der Waals surface area (Å²) in [5.74, 6) is -1.24. The lowest BCUT2D eigenvalue weighted by atomic mass is 9.98. The van der Waals surface area contributed by atoms with Gasteiger partial charge in [0.05, 0.1) is 19.1 Å². The molecule has 0 aliphatic carbocycles. The topological polar surface area (TPSA) is 178 Å². The summed E-state index contributed by atoms with van der Waals surface area (Å²) in [5.41, 5.74) is 6.86. The van der Waals surface area contributed by atoms with Crippen LogP contribution in [0.15, 0.2) is 90.2 Å². The van der Waals surface area contributed by atoms with Gasteiger partial charge < -0.3 is 30.0 Å². The molecule has 0 aliphatic heterocycles. The molecule has 3 aromatic carbocycles. The lowest BCUT2D eigenvalue weighted by molar-refractivity contribution is -0.160. The number of aromatic nitrogens is 5. The number of benzene rings is 3. The van der Waals surface area contributed by atoms with Crippen molar-refractivity contribution in [2.24, 2.45) is 16.1 Å². The van der Waals surface area contributed by atoms with Gasteiger partial charge in [-0.3, -0.25) is 9.59 Å². The van der Waals surface area contributed by atoms with Crippen LogP contribution in [0.25, 0.3) is 5.95 Å². The van der Waals surface area contributed by atoms with Gasteiger partial charge in [0.25, 0.3) is 11.9 Å². The van der Waals surface area contributed by atoms with Crippen molar-refractivity contribution in [3.63, 3.8) is 0 Å². The molecule has 0 bridgehead atoms. The highest BCUT2D eigenvalue weighted by atomic mass is 19.1. The Morgan fingerprint density at radius 3 is 2.33 bits per heavy atom. The lowest BCUT2D eigenvalue weighted by Crippen LogP contribution is -2.25. The number of ether oxygens (including phenoxy) is 4. The summed E-state index contributed by atoms with van der Waals surface area (Å²) >= 11 is 0. The molecule has 0 saturated heterocycles. The van der Waals surface area contributed by atoms with Crippen molar-refractivity contribution in [3.8, 4) is 23.5 Å². The lowest BCUT2D eigenvalue weighted by Gasteiger charge is -2.20. The fraction of sp³-hybridized carbons (Fsp3) is 0.250. The number of methoxy groups -OCH3 is 1. The fourth-order valence-corrected chi connectivity index (χ4v) is 4.60. The summed E-state index contributed by atoms with van der Waals surface area (Å²) in [5, 5.41) is 7.88. The number of rotatable bonds is 13. The third kappa shape index (κ3) is 8.81. The number of amides is 1. The number of carbonyl (C=O) groups is 2. The van der Waals surface area contributed by atoms with Gasteiger partial charge in [0, 0.05) is 40.8 Å². The monoisotopic (exact) mass is 696 g/mol. The molecule has 1 amide bonds. The number of hydrogen-bond acceptors (Lipinski definition) is 11. The smallest absolute Gasteiger partial charge is 0.325 e. The molecule has 15 heteroatoms. The van der Waals surface area contributed by atoms with Gasteiger partial charge in [0.2, 0.25) is 6.79 Å². The van der Waals surface area contributed by atoms with Crippen molar-refractivity contribution in [3.05, 3.63) is 114 Å². The number of amidine groups is 1. The van der Waals surface area contributed by atoms with Crippen LogP contribution in [0.5, 0.6) is 17.5 Å². The van der Waals surface area contributed by atoms with Crippen molar-refractivity contribution >= 4 is 23.4 Å². The van der Waals surface area contributed by atoms with Crippen LogP contribution in [-0.2, 0) is 9.53 Å². The standard InChI is InChI=1S/C36H37FN8O6/c1-6-49-27-20-25(48-5)19-26(28(27)37)29(41-24-15-13-22(14-16-24)30(38)42-32(46)23-11-8-7-9-12-23)31-43-35(51-21-50-33(47)36(2,3)4)45(44-31)34-39-17-10-18-40-34/h7-20,29,41H,6,21H2,1-5H3,(H2,38,42,46). The van der Waals surface area contributed by atoms with E-state index in [0.29, 0.717) is 22.6 Å². The highest BCUT2D eigenvalue weighted by Gasteiger charge is 2.29. The third-order valence-corrected chi connectivity index (χ3v) is 7.21. The predicted octanol–water partition coefficient (Wildman–Crippen LogP) is 5.28. The molecule has 1 unspecified atom stereocenters. The van der Waals surface area contributed by atoms with Crippen LogP contribution < -0.4 is 25.3 Å². The van der Waals surface area contributed by atoms with E-state index in [-0.39, 0.29) is 41.5 Å². The Bertz CT molecular complexity index is 2000. The molecule has 5 aromatic rings. The van der Waals surface area contributed by atoms with Gasteiger partial charge >= 0.3 is 12.0 Å². The number of nitrogens with zero attached hydrogens (tertiary/aromatic N) is 6. The Morgan fingerprint density at radius 1 is 0.980 bits per heavy atom. The molecule has 0 saturated carbocycles. The zero-order valence-electron chi connectivity index (χ0n) is 28.7. The molecule has 5 rings (SSSR count). The van der Waals surface area contributed by atoms with Gasteiger partial charge in [0.15, 0.2) is 17.4 Å². The summed E-state index contributed by atoms with van der Waals surface area (Å²) in [4.78, 5) is 42.1. The van der Waals surface area contributed by atoms with Crippen LogP contribution in [0, 0.1) is 11.2 Å². The molecule has 0 fully saturated rings. The molecular weight excluding hydrogens is 659 g/mol. The van der Waals surface area contributed by atoms with Gasteiger partial charge in [0.1, 0.15) is 17.6 Å². The van der Waals surface area contributed by atoms with Crippen LogP contribution in [0.3, 0.4) is 0 Å². The number of nitrogens with one attached hydrogen (secondary N) is 1. The van der Waals surface area contributed by atoms with Crippen LogP contribution >= 0.6 is 0 Å². The molecule has 2 heterocycles. The summed E-state index contributed by atoms with van der Waals surface area (Å²) in [6, 6.07) is 18.6. The molecule has 264 valence electrons. The number of esters is 1. The maximum Gasteiger partial charge on any atom is 0.325 e. The van der Waals surface area contributed by atoms with E-state index in [1.54, 1.807) is 88.4 Å². The average Bonchev–Trinajstić information content (AvgIpc) is 3.56. The van der Waals surface area contributed by atoms with Crippen LogP contribution in [-0.4, -0.2) is 63.0 Å². The third-order valence-electron chi connectivity index (χ3n) is 7.21. The zero-order valence-corrected chi connectivity index (χ0v) is 28.7. The van der Waals surface area contributed by atoms with Crippen LogP contribution in [0.1, 0.15) is 61.0 Å². The van der Waals surface area contributed by atoms with E-state index in [2.05, 4.69) is 30.4 Å². The quantitative estimate of drug-likeness (QED) is 0.0706. The van der Waals surface area contributed by atoms with Gasteiger partial charge in [-0.05, 0) is 76.2 Å². The Balaban J connectivity index is 1.54. The molecule has 1 atom stereocenters. The molecule has 0 spiro atoms. The molecule has 0 aliphatic rings. The van der Waals surface area contributed by atoms with Crippen molar-refractivity contribution in [1.29, 1.82) is 0 Å². The van der Waals surface area contributed by atoms with Crippen LogP contribution in [0.2, 0.25) is 0 Å². The molecular formula is C36H37FN8O6. The van der Waals surface area contributed by atoms with Crippen molar-refractivity contribution in [2.45, 2.75) is 33.7 Å². The normalized spacial score (nSPS) is 12.2. The van der Waals surface area contributed by atoms with E-state index in [0.717, 1.165) is 0 Å². The van der Waals surface area contributed by atoms with E-state index in [9.17, 15) is 9.59 Å². The number of anilines is 1. The fourth-order valence-electron chi connectivity index (χ4n) is 4.60. The molecule has 51 heavy (non-hydrogen) atoms. The van der Waals surface area contributed by atoms with Crippen LogP contribution in [0.4, 0.5) is 10.1 Å². The van der Waals surface area contributed by atoms with E-state index < -0.39 is 35.9 Å². The van der Waals surface area contributed by atoms with Gasteiger partial charge in [-0.1, -0.05) is 18.2 Å². The highest BCUT2D eigenvalue weighted by Crippen LogP contribution is 2.36.